The van der Waals surface area contributed by atoms with Crippen molar-refractivity contribution >= 4 is 22.6 Å². The molecule has 0 bridgehead atoms. The second-order valence-electron chi connectivity index (χ2n) is 4.18. The zero-order valence-corrected chi connectivity index (χ0v) is 12.4. The Morgan fingerprint density at radius 1 is 1.25 bits per heavy atom. The number of fused-ring (bicyclic) bond motifs is 1. The van der Waals surface area contributed by atoms with Gasteiger partial charge in [0, 0.05) is 0 Å². The van der Waals surface area contributed by atoms with Crippen molar-refractivity contribution < 1.29 is 5.11 Å². The van der Waals surface area contributed by atoms with Gasteiger partial charge in [0.15, 0.2) is 0 Å². The third kappa shape index (κ3) is 3.10. The Bertz CT molecular complexity index is 363. The molecule has 0 fully saturated rings. The highest BCUT2D eigenvalue weighted by atomic mass is 127. The molecule has 16 heavy (non-hydrogen) atoms. The Kier molecular flexibility index (Phi) is 5.55. The summed E-state index contributed by atoms with van der Waals surface area (Å²) in [5.41, 5.74) is 3.94. The van der Waals surface area contributed by atoms with Gasteiger partial charge in [-0.3, -0.25) is 0 Å². The normalized spacial score (nSPS) is 13.8. The van der Waals surface area contributed by atoms with Crippen LogP contribution in [0.4, 0.5) is 0 Å². The van der Waals surface area contributed by atoms with E-state index in [-0.39, 0.29) is 0 Å². The van der Waals surface area contributed by atoms with Gasteiger partial charge in [0.2, 0.25) is 0 Å². The maximum atomic E-state index is 9.75. The molecule has 1 aromatic carbocycles. The van der Waals surface area contributed by atoms with Crippen LogP contribution in [0.3, 0.4) is 0 Å². The lowest BCUT2D eigenvalue weighted by atomic mass is 9.88. The van der Waals surface area contributed by atoms with Crippen LogP contribution in [0.15, 0.2) is 6.07 Å². The van der Waals surface area contributed by atoms with Gasteiger partial charge in [-0.25, -0.2) is 0 Å². The molecule has 0 unspecified atom stereocenters. The molecule has 3 heteroatoms. The predicted octanol–water partition coefficient (Wildman–Crippen LogP) is 3.02. The van der Waals surface area contributed by atoms with Crippen LogP contribution in [0, 0.1) is 10.5 Å². The minimum absolute atomic E-state index is 0.487. The molecule has 1 aliphatic carbocycles. The van der Waals surface area contributed by atoms with E-state index in [0.29, 0.717) is 5.75 Å². The average molecular weight is 333 g/mol. The van der Waals surface area contributed by atoms with Crippen molar-refractivity contribution in [2.75, 3.05) is 14.1 Å². The standard InChI is InChI=1S/C11H13IO.C2H7N/c1-7-9-5-3-2-4-8(9)6-10(12)11(7)13;1-3-2/h6,13H,2-5H2,1H3;3H,1-2H3. The first kappa shape index (κ1) is 13.8. The van der Waals surface area contributed by atoms with Crippen molar-refractivity contribution in [2.24, 2.45) is 0 Å². The fraction of sp³-hybridized carbons (Fsp3) is 0.538. The SMILES string of the molecule is CNC.Cc1c(O)c(I)cc2c1CCCC2. The molecule has 0 radical (unpaired) electrons. The number of phenols is 1. The van der Waals surface area contributed by atoms with E-state index in [1.54, 1.807) is 0 Å². The second kappa shape index (κ2) is 6.45. The van der Waals surface area contributed by atoms with E-state index in [4.69, 9.17) is 0 Å². The van der Waals surface area contributed by atoms with E-state index in [2.05, 4.69) is 34.0 Å². The first-order valence-corrected chi connectivity index (χ1v) is 6.78. The minimum Gasteiger partial charge on any atom is -0.507 e. The van der Waals surface area contributed by atoms with Crippen molar-refractivity contribution in [3.05, 3.63) is 26.3 Å². The summed E-state index contributed by atoms with van der Waals surface area (Å²) >= 11 is 2.21. The third-order valence-corrected chi connectivity index (χ3v) is 3.67. The third-order valence-electron chi connectivity index (χ3n) is 2.85. The summed E-state index contributed by atoms with van der Waals surface area (Å²) in [7, 11) is 3.75. The van der Waals surface area contributed by atoms with Crippen molar-refractivity contribution in [3.8, 4) is 5.75 Å². The molecule has 0 aliphatic heterocycles. The first-order chi connectivity index (χ1) is 7.61. The summed E-state index contributed by atoms with van der Waals surface area (Å²) in [6.07, 6.45) is 4.90. The van der Waals surface area contributed by atoms with Crippen LogP contribution in [0.2, 0.25) is 0 Å². The highest BCUT2D eigenvalue weighted by Crippen LogP contribution is 2.33. The summed E-state index contributed by atoms with van der Waals surface area (Å²) in [5, 5.41) is 12.5. The van der Waals surface area contributed by atoms with Crippen LogP contribution in [-0.2, 0) is 12.8 Å². The number of aryl methyl sites for hydroxylation is 1. The molecular weight excluding hydrogens is 313 g/mol. The molecule has 0 amide bonds. The molecule has 0 aromatic heterocycles. The summed E-state index contributed by atoms with van der Waals surface area (Å²) in [6, 6.07) is 2.14. The summed E-state index contributed by atoms with van der Waals surface area (Å²) in [4.78, 5) is 0. The summed E-state index contributed by atoms with van der Waals surface area (Å²) in [5.74, 6) is 0.487. The Labute approximate surface area is 112 Å². The van der Waals surface area contributed by atoms with Gasteiger partial charge < -0.3 is 10.4 Å². The van der Waals surface area contributed by atoms with Crippen LogP contribution >= 0.6 is 22.6 Å². The van der Waals surface area contributed by atoms with Gasteiger partial charge in [0.1, 0.15) is 5.75 Å². The zero-order valence-electron chi connectivity index (χ0n) is 10.2. The van der Waals surface area contributed by atoms with Crippen LogP contribution < -0.4 is 5.32 Å². The number of benzene rings is 1. The van der Waals surface area contributed by atoms with Crippen molar-refractivity contribution in [3.63, 3.8) is 0 Å². The maximum Gasteiger partial charge on any atom is 0.132 e. The van der Waals surface area contributed by atoms with E-state index in [0.717, 1.165) is 15.6 Å². The van der Waals surface area contributed by atoms with Crippen molar-refractivity contribution in [1.29, 1.82) is 0 Å². The minimum atomic E-state index is 0.487. The van der Waals surface area contributed by atoms with Gasteiger partial charge in [-0.15, -0.1) is 0 Å². The molecule has 0 spiro atoms. The quantitative estimate of drug-likeness (QED) is 0.716. The first-order valence-electron chi connectivity index (χ1n) is 5.70. The summed E-state index contributed by atoms with van der Waals surface area (Å²) in [6.45, 7) is 2.03. The van der Waals surface area contributed by atoms with Crippen molar-refractivity contribution in [2.45, 2.75) is 32.6 Å². The van der Waals surface area contributed by atoms with E-state index < -0.39 is 0 Å². The average Bonchev–Trinajstić information content (AvgIpc) is 2.27. The molecule has 2 rings (SSSR count). The van der Waals surface area contributed by atoms with Gasteiger partial charge in [0.05, 0.1) is 3.57 Å². The number of phenolic OH excluding ortho intramolecular Hbond substituents is 1. The van der Waals surface area contributed by atoms with Gasteiger partial charge in [-0.2, -0.15) is 0 Å². The molecular formula is C13H20INO. The maximum absolute atomic E-state index is 9.75. The molecule has 0 atom stereocenters. The number of rotatable bonds is 0. The van der Waals surface area contributed by atoms with Gasteiger partial charge in [-0.1, -0.05) is 0 Å². The largest absolute Gasteiger partial charge is 0.507 e. The van der Waals surface area contributed by atoms with Gasteiger partial charge in [-0.05, 0) is 92.0 Å². The fourth-order valence-electron chi connectivity index (χ4n) is 2.06. The second-order valence-corrected chi connectivity index (χ2v) is 5.34. The smallest absolute Gasteiger partial charge is 0.132 e. The molecule has 1 aliphatic rings. The molecule has 0 saturated heterocycles. The van der Waals surface area contributed by atoms with E-state index in [1.807, 2.05) is 21.0 Å². The van der Waals surface area contributed by atoms with Crippen LogP contribution in [0.5, 0.6) is 5.75 Å². The molecule has 0 saturated carbocycles. The van der Waals surface area contributed by atoms with Crippen molar-refractivity contribution in [1.82, 2.24) is 5.32 Å². The predicted molar refractivity (Wildman–Crippen MR) is 77.2 cm³/mol. The van der Waals surface area contributed by atoms with Crippen LogP contribution in [0.25, 0.3) is 0 Å². The summed E-state index contributed by atoms with van der Waals surface area (Å²) < 4.78 is 0.996. The topological polar surface area (TPSA) is 32.3 Å². The molecule has 90 valence electrons. The lowest BCUT2D eigenvalue weighted by Crippen LogP contribution is -2.05. The van der Waals surface area contributed by atoms with E-state index >= 15 is 0 Å². The molecule has 2 N–H and O–H groups in total. The number of nitrogens with one attached hydrogen (secondary N) is 1. The Morgan fingerprint density at radius 2 is 1.81 bits per heavy atom. The molecule has 2 nitrogen and oxygen atoms in total. The highest BCUT2D eigenvalue weighted by Gasteiger charge is 2.15. The van der Waals surface area contributed by atoms with Crippen LogP contribution in [0.1, 0.15) is 29.5 Å². The Balaban J connectivity index is 0.000000386. The van der Waals surface area contributed by atoms with Gasteiger partial charge >= 0.3 is 0 Å². The Hall–Kier alpha value is -0.290. The molecule has 1 aromatic rings. The number of aromatic hydroxyl groups is 1. The van der Waals surface area contributed by atoms with Gasteiger partial charge in [0.25, 0.3) is 0 Å². The van der Waals surface area contributed by atoms with E-state index in [1.165, 1.54) is 30.4 Å². The van der Waals surface area contributed by atoms with Crippen LogP contribution in [-0.4, -0.2) is 19.2 Å². The van der Waals surface area contributed by atoms with E-state index in [9.17, 15) is 5.11 Å². The number of halogens is 1. The molecule has 0 heterocycles. The fourth-order valence-corrected chi connectivity index (χ4v) is 2.84. The number of hydrogen-bond donors (Lipinski definition) is 2. The number of hydrogen-bond acceptors (Lipinski definition) is 2. The lowest BCUT2D eigenvalue weighted by Gasteiger charge is -2.19. The monoisotopic (exact) mass is 333 g/mol. The lowest BCUT2D eigenvalue weighted by molar-refractivity contribution is 0.464. The Morgan fingerprint density at radius 3 is 2.44 bits per heavy atom. The highest BCUT2D eigenvalue weighted by molar-refractivity contribution is 14.1. The zero-order chi connectivity index (χ0) is 12.1.